The van der Waals surface area contributed by atoms with Crippen LogP contribution in [0.5, 0.6) is 5.75 Å². The van der Waals surface area contributed by atoms with Crippen molar-refractivity contribution in [2.75, 3.05) is 26.2 Å². The van der Waals surface area contributed by atoms with Crippen molar-refractivity contribution in [1.82, 2.24) is 15.1 Å². The monoisotopic (exact) mass is 569 g/mol. The molecule has 1 N–H and O–H groups in total. The second-order valence-electron chi connectivity index (χ2n) is 10.5. The lowest BCUT2D eigenvalue weighted by atomic mass is 10.0. The van der Waals surface area contributed by atoms with Crippen molar-refractivity contribution in [3.8, 4) is 5.75 Å². The number of ether oxygens (including phenoxy) is 1. The summed E-state index contributed by atoms with van der Waals surface area (Å²) in [5.74, 6) is 0.292. The fraction of sp³-hybridized carbons (Fsp3) is 0.387. The fourth-order valence-corrected chi connectivity index (χ4v) is 5.65. The Morgan fingerprint density at radius 1 is 0.821 bits per heavy atom. The largest absolute Gasteiger partial charge is 0.489 e. The molecule has 0 saturated carbocycles. The summed E-state index contributed by atoms with van der Waals surface area (Å²) in [6.45, 7) is 5.37. The van der Waals surface area contributed by atoms with E-state index in [1.54, 1.807) is 12.1 Å². The molecule has 0 aliphatic carbocycles. The number of nitrogens with one attached hydrogen (secondary N) is 1. The lowest BCUT2D eigenvalue weighted by Gasteiger charge is -2.32. The van der Waals surface area contributed by atoms with Crippen molar-refractivity contribution in [2.45, 2.75) is 50.9 Å². The number of rotatable bonds is 8. The molecule has 2 aliphatic heterocycles. The maximum Gasteiger partial charge on any atom is 0.251 e. The summed E-state index contributed by atoms with van der Waals surface area (Å²) < 4.78 is 19.4. The first-order valence-corrected chi connectivity index (χ1v) is 14.4. The van der Waals surface area contributed by atoms with Gasteiger partial charge in [0.25, 0.3) is 5.91 Å². The van der Waals surface area contributed by atoms with Crippen LogP contribution in [0.2, 0.25) is 10.0 Å². The Balaban J connectivity index is 1.05. The number of hydrogen-bond acceptors (Lipinski definition) is 4. The highest BCUT2D eigenvalue weighted by Crippen LogP contribution is 2.29. The van der Waals surface area contributed by atoms with Crippen LogP contribution in [0.3, 0.4) is 0 Å². The van der Waals surface area contributed by atoms with E-state index in [-0.39, 0.29) is 23.9 Å². The second-order valence-corrected chi connectivity index (χ2v) is 11.4. The van der Waals surface area contributed by atoms with E-state index in [1.807, 2.05) is 30.3 Å². The number of carbonyl (C=O) groups is 1. The molecule has 0 aromatic heterocycles. The number of benzene rings is 3. The maximum absolute atomic E-state index is 13.1. The standard InChI is InChI=1S/C31H34Cl2FN3O2/c32-25-6-1-22(2-7-25)20-37-17-13-28(14-18-37)39-30-10-5-24(19-29(30)33)31(38)35-27-11-15-36(16-12-27)21-23-3-8-26(34)9-4-23/h1-10,19,27-28H,11-18,20-21H2,(H,35,38). The molecule has 1 amide bonds. The first-order chi connectivity index (χ1) is 18.9. The number of nitrogens with zero attached hydrogens (tertiary/aromatic N) is 2. The van der Waals surface area contributed by atoms with Gasteiger partial charge in [-0.25, -0.2) is 4.39 Å². The van der Waals surface area contributed by atoms with Gasteiger partial charge < -0.3 is 10.1 Å². The van der Waals surface area contributed by atoms with E-state index in [0.717, 1.165) is 75.5 Å². The van der Waals surface area contributed by atoms with Crippen molar-refractivity contribution in [2.24, 2.45) is 0 Å². The summed E-state index contributed by atoms with van der Waals surface area (Å²) in [6.07, 6.45) is 3.69. The number of likely N-dealkylation sites (tertiary alicyclic amines) is 2. The molecule has 5 rings (SSSR count). The number of amides is 1. The van der Waals surface area contributed by atoms with E-state index >= 15 is 0 Å². The highest BCUT2D eigenvalue weighted by atomic mass is 35.5. The average molecular weight is 571 g/mol. The van der Waals surface area contributed by atoms with Crippen LogP contribution < -0.4 is 10.1 Å². The molecule has 3 aromatic carbocycles. The Labute approximate surface area is 239 Å². The van der Waals surface area contributed by atoms with Crippen LogP contribution in [-0.4, -0.2) is 54.0 Å². The van der Waals surface area contributed by atoms with Gasteiger partial charge in [-0.05, 0) is 79.3 Å². The summed E-state index contributed by atoms with van der Waals surface area (Å²) in [5, 5.41) is 4.37. The lowest BCUT2D eigenvalue weighted by molar-refractivity contribution is 0.0908. The van der Waals surface area contributed by atoms with E-state index in [9.17, 15) is 9.18 Å². The smallest absolute Gasteiger partial charge is 0.251 e. The van der Waals surface area contributed by atoms with Crippen molar-refractivity contribution in [1.29, 1.82) is 0 Å². The molecule has 206 valence electrons. The Kier molecular flexibility index (Phi) is 9.40. The minimum absolute atomic E-state index is 0.101. The Hall–Kier alpha value is -2.64. The van der Waals surface area contributed by atoms with Gasteiger partial charge in [0.1, 0.15) is 17.7 Å². The molecule has 0 radical (unpaired) electrons. The minimum atomic E-state index is -0.216. The van der Waals surface area contributed by atoms with Crippen LogP contribution in [-0.2, 0) is 13.1 Å². The van der Waals surface area contributed by atoms with E-state index in [1.165, 1.54) is 17.7 Å². The van der Waals surface area contributed by atoms with E-state index in [0.29, 0.717) is 16.3 Å². The Morgan fingerprint density at radius 2 is 1.38 bits per heavy atom. The molecular weight excluding hydrogens is 536 g/mol. The Bertz CT molecular complexity index is 1240. The molecule has 0 bridgehead atoms. The van der Waals surface area contributed by atoms with Gasteiger partial charge in [0.2, 0.25) is 0 Å². The Morgan fingerprint density at radius 3 is 1.97 bits per heavy atom. The van der Waals surface area contributed by atoms with E-state index < -0.39 is 0 Å². The van der Waals surface area contributed by atoms with Gasteiger partial charge in [-0.3, -0.25) is 14.6 Å². The van der Waals surface area contributed by atoms with Crippen molar-refractivity contribution in [3.05, 3.63) is 99.3 Å². The molecule has 0 spiro atoms. The van der Waals surface area contributed by atoms with Crippen molar-refractivity contribution in [3.63, 3.8) is 0 Å². The molecule has 5 nitrogen and oxygen atoms in total. The topological polar surface area (TPSA) is 44.8 Å². The lowest BCUT2D eigenvalue weighted by Crippen LogP contribution is -2.44. The number of carbonyl (C=O) groups excluding carboxylic acids is 1. The van der Waals surface area contributed by atoms with E-state index in [4.69, 9.17) is 27.9 Å². The van der Waals surface area contributed by atoms with Gasteiger partial charge in [0, 0.05) is 55.9 Å². The van der Waals surface area contributed by atoms with Gasteiger partial charge in [0.05, 0.1) is 5.02 Å². The van der Waals surface area contributed by atoms with Gasteiger partial charge in [-0.15, -0.1) is 0 Å². The second kappa shape index (κ2) is 13.1. The van der Waals surface area contributed by atoms with Gasteiger partial charge >= 0.3 is 0 Å². The molecule has 2 saturated heterocycles. The number of piperidine rings is 2. The van der Waals surface area contributed by atoms with Crippen LogP contribution in [0.1, 0.15) is 47.2 Å². The minimum Gasteiger partial charge on any atom is -0.489 e. The molecule has 2 aliphatic rings. The van der Waals surface area contributed by atoms with Gasteiger partial charge in [-0.2, -0.15) is 0 Å². The summed E-state index contributed by atoms with van der Waals surface area (Å²) in [4.78, 5) is 17.7. The molecule has 8 heteroatoms. The predicted molar refractivity (Wildman–Crippen MR) is 154 cm³/mol. The quantitative estimate of drug-likeness (QED) is 0.333. The van der Waals surface area contributed by atoms with Crippen LogP contribution in [0.4, 0.5) is 4.39 Å². The highest BCUT2D eigenvalue weighted by Gasteiger charge is 2.24. The van der Waals surface area contributed by atoms with Crippen LogP contribution >= 0.6 is 23.2 Å². The molecule has 0 atom stereocenters. The highest BCUT2D eigenvalue weighted by molar-refractivity contribution is 6.32. The third-order valence-electron chi connectivity index (χ3n) is 7.58. The van der Waals surface area contributed by atoms with Crippen molar-refractivity contribution < 1.29 is 13.9 Å². The van der Waals surface area contributed by atoms with E-state index in [2.05, 4.69) is 27.2 Å². The molecule has 0 unspecified atom stereocenters. The summed E-state index contributed by atoms with van der Waals surface area (Å²) in [5.41, 5.74) is 2.89. The average Bonchev–Trinajstić information content (AvgIpc) is 2.94. The van der Waals surface area contributed by atoms with Crippen LogP contribution in [0.25, 0.3) is 0 Å². The van der Waals surface area contributed by atoms with Gasteiger partial charge in [-0.1, -0.05) is 47.5 Å². The van der Waals surface area contributed by atoms with Crippen LogP contribution in [0.15, 0.2) is 66.7 Å². The zero-order valence-corrected chi connectivity index (χ0v) is 23.4. The van der Waals surface area contributed by atoms with Gasteiger partial charge in [0.15, 0.2) is 0 Å². The first kappa shape index (κ1) is 27.9. The summed E-state index contributed by atoms with van der Waals surface area (Å²) in [7, 11) is 0. The number of halogens is 3. The molecular formula is C31H34Cl2FN3O2. The predicted octanol–water partition coefficient (Wildman–Crippen LogP) is 6.57. The zero-order chi connectivity index (χ0) is 27.2. The fourth-order valence-electron chi connectivity index (χ4n) is 5.30. The molecule has 2 heterocycles. The molecule has 39 heavy (non-hydrogen) atoms. The van der Waals surface area contributed by atoms with Crippen molar-refractivity contribution >= 4 is 29.1 Å². The number of hydrogen-bond donors (Lipinski definition) is 1. The first-order valence-electron chi connectivity index (χ1n) is 13.6. The van der Waals surface area contributed by atoms with Crippen LogP contribution in [0, 0.1) is 5.82 Å². The third-order valence-corrected chi connectivity index (χ3v) is 8.13. The molecule has 3 aromatic rings. The summed E-state index contributed by atoms with van der Waals surface area (Å²) >= 11 is 12.5. The summed E-state index contributed by atoms with van der Waals surface area (Å²) in [6, 6.07) is 20.1. The zero-order valence-electron chi connectivity index (χ0n) is 21.9. The SMILES string of the molecule is O=C(NC1CCN(Cc2ccc(F)cc2)CC1)c1ccc(OC2CCN(Cc3ccc(Cl)cc3)CC2)c(Cl)c1. The maximum atomic E-state index is 13.1. The molecule has 2 fully saturated rings. The third kappa shape index (κ3) is 7.95. The normalized spacial score (nSPS) is 17.7.